The summed E-state index contributed by atoms with van der Waals surface area (Å²) in [6, 6.07) is 17.2. The van der Waals surface area contributed by atoms with Gasteiger partial charge in [0.1, 0.15) is 16.6 Å². The van der Waals surface area contributed by atoms with Gasteiger partial charge >= 0.3 is 0 Å². The van der Waals surface area contributed by atoms with Crippen LogP contribution >= 0.6 is 0 Å². The molecule has 0 aliphatic carbocycles. The lowest BCUT2D eigenvalue weighted by Crippen LogP contribution is -2.14. The maximum atomic E-state index is 12.6. The van der Waals surface area contributed by atoms with Gasteiger partial charge in [0.2, 0.25) is 0 Å². The highest BCUT2D eigenvalue weighted by Crippen LogP contribution is 2.24. The van der Waals surface area contributed by atoms with Crippen molar-refractivity contribution in [2.24, 2.45) is 0 Å². The number of hydrogen-bond acceptors (Lipinski definition) is 5. The maximum Gasteiger partial charge on any atom is 0.282 e. The van der Waals surface area contributed by atoms with E-state index in [0.717, 1.165) is 16.8 Å². The maximum absolute atomic E-state index is 12.6. The first-order valence-corrected chi connectivity index (χ1v) is 8.92. The number of amides is 1. The molecular weight excluding hydrogens is 370 g/mol. The van der Waals surface area contributed by atoms with Crippen molar-refractivity contribution >= 4 is 28.3 Å². The fraction of sp³-hybridized carbons (Fsp3) is 0.0952. The number of benzene rings is 3. The number of rotatable bonds is 4. The lowest BCUT2D eigenvalue weighted by atomic mass is 10.1. The number of fused-ring (bicyclic) bond motifs is 1. The van der Waals surface area contributed by atoms with Crippen molar-refractivity contribution in [2.45, 2.75) is 13.8 Å². The Hall–Kier alpha value is -4.07. The molecule has 0 fully saturated rings. The van der Waals surface area contributed by atoms with Gasteiger partial charge in [0.25, 0.3) is 11.6 Å². The lowest BCUT2D eigenvalue weighted by Gasteiger charge is -2.08. The molecule has 29 heavy (non-hydrogen) atoms. The molecule has 1 N–H and O–H groups in total. The van der Waals surface area contributed by atoms with Crippen molar-refractivity contribution in [3.8, 4) is 5.69 Å². The van der Waals surface area contributed by atoms with Gasteiger partial charge in [-0.3, -0.25) is 14.9 Å². The SMILES string of the molecule is Cc1ccc(-n2nc3cc(C)c(NC(=O)c4ccccc4[N+](=O)[O-])cc3n2)cc1. The third-order valence-electron chi connectivity index (χ3n) is 4.58. The van der Waals surface area contributed by atoms with Crippen LogP contribution in [-0.2, 0) is 0 Å². The average Bonchev–Trinajstić information content (AvgIpc) is 3.11. The standard InChI is InChI=1S/C21H17N5O3/c1-13-7-9-15(10-8-13)25-23-18-11-14(2)17(12-19(18)24-25)22-21(27)16-5-3-4-6-20(16)26(28)29/h3-12H,1-2H3,(H,22,27). The number of hydrogen-bond donors (Lipinski definition) is 1. The molecule has 0 unspecified atom stereocenters. The monoisotopic (exact) mass is 387 g/mol. The van der Waals surface area contributed by atoms with Crippen LogP contribution in [-0.4, -0.2) is 25.8 Å². The van der Waals surface area contributed by atoms with Gasteiger partial charge in [-0.1, -0.05) is 29.8 Å². The summed E-state index contributed by atoms with van der Waals surface area (Å²) in [4.78, 5) is 24.8. The van der Waals surface area contributed by atoms with Crippen LogP contribution < -0.4 is 5.32 Å². The molecule has 0 aliphatic heterocycles. The van der Waals surface area contributed by atoms with Crippen LogP contribution in [0.5, 0.6) is 0 Å². The van der Waals surface area contributed by atoms with Gasteiger partial charge < -0.3 is 5.32 Å². The summed E-state index contributed by atoms with van der Waals surface area (Å²) in [6.45, 7) is 3.84. The zero-order chi connectivity index (χ0) is 20.5. The molecule has 0 aliphatic rings. The molecule has 3 aromatic carbocycles. The van der Waals surface area contributed by atoms with E-state index >= 15 is 0 Å². The third-order valence-corrected chi connectivity index (χ3v) is 4.58. The fourth-order valence-electron chi connectivity index (χ4n) is 3.01. The summed E-state index contributed by atoms with van der Waals surface area (Å²) >= 11 is 0. The molecule has 0 bridgehead atoms. The number of carbonyl (C=O) groups is 1. The van der Waals surface area contributed by atoms with Gasteiger partial charge in [0.05, 0.1) is 10.6 Å². The van der Waals surface area contributed by atoms with Gasteiger partial charge in [-0.2, -0.15) is 4.80 Å². The Morgan fingerprint density at radius 3 is 2.34 bits per heavy atom. The van der Waals surface area contributed by atoms with Crippen molar-refractivity contribution < 1.29 is 9.72 Å². The van der Waals surface area contributed by atoms with E-state index in [-0.39, 0.29) is 11.3 Å². The Morgan fingerprint density at radius 2 is 1.66 bits per heavy atom. The summed E-state index contributed by atoms with van der Waals surface area (Å²) < 4.78 is 0. The first-order valence-electron chi connectivity index (χ1n) is 8.92. The molecule has 1 aromatic heterocycles. The van der Waals surface area contributed by atoms with Crippen LogP contribution in [0.25, 0.3) is 16.7 Å². The van der Waals surface area contributed by atoms with Gasteiger partial charge in [-0.05, 0) is 49.7 Å². The molecule has 1 amide bonds. The zero-order valence-corrected chi connectivity index (χ0v) is 15.8. The minimum absolute atomic E-state index is 0.000284. The second-order valence-corrected chi connectivity index (χ2v) is 6.71. The number of anilines is 1. The molecule has 4 rings (SSSR count). The van der Waals surface area contributed by atoms with E-state index in [1.165, 1.54) is 23.0 Å². The fourth-order valence-corrected chi connectivity index (χ4v) is 3.01. The number of para-hydroxylation sites is 1. The van der Waals surface area contributed by atoms with E-state index < -0.39 is 10.8 Å². The van der Waals surface area contributed by atoms with Gasteiger partial charge in [0, 0.05) is 11.8 Å². The molecule has 8 heteroatoms. The van der Waals surface area contributed by atoms with Gasteiger partial charge in [0.15, 0.2) is 0 Å². The molecule has 1 heterocycles. The Morgan fingerprint density at radius 1 is 1.00 bits per heavy atom. The summed E-state index contributed by atoms with van der Waals surface area (Å²) in [5, 5.41) is 22.9. The Bertz CT molecular complexity index is 1250. The van der Waals surface area contributed by atoms with Crippen molar-refractivity contribution in [3.63, 3.8) is 0 Å². The van der Waals surface area contributed by atoms with Crippen LogP contribution in [0, 0.1) is 24.0 Å². The summed E-state index contributed by atoms with van der Waals surface area (Å²) in [7, 11) is 0. The van der Waals surface area contributed by atoms with Gasteiger partial charge in [-0.15, -0.1) is 10.2 Å². The van der Waals surface area contributed by atoms with Crippen molar-refractivity contribution in [1.82, 2.24) is 15.0 Å². The van der Waals surface area contributed by atoms with E-state index in [1.54, 1.807) is 12.1 Å². The summed E-state index contributed by atoms with van der Waals surface area (Å²) in [6.07, 6.45) is 0. The van der Waals surface area contributed by atoms with Crippen LogP contribution in [0.2, 0.25) is 0 Å². The Labute approximate surface area is 165 Å². The molecular formula is C21H17N5O3. The molecule has 0 saturated carbocycles. The average molecular weight is 387 g/mol. The van der Waals surface area contributed by atoms with E-state index in [4.69, 9.17) is 0 Å². The lowest BCUT2D eigenvalue weighted by molar-refractivity contribution is -0.385. The first kappa shape index (κ1) is 18.3. The number of aryl methyl sites for hydroxylation is 2. The number of aromatic nitrogens is 3. The molecule has 144 valence electrons. The molecule has 0 radical (unpaired) electrons. The largest absolute Gasteiger partial charge is 0.321 e. The number of carbonyl (C=O) groups excluding carboxylic acids is 1. The first-order chi connectivity index (χ1) is 13.9. The van der Waals surface area contributed by atoms with Crippen molar-refractivity contribution in [3.05, 3.63) is 87.5 Å². The molecule has 4 aromatic rings. The summed E-state index contributed by atoms with van der Waals surface area (Å²) in [5.41, 5.74) is 4.32. The van der Waals surface area contributed by atoms with Crippen molar-refractivity contribution in [2.75, 3.05) is 5.32 Å². The predicted octanol–water partition coefficient (Wildman–Crippen LogP) is 4.20. The van der Waals surface area contributed by atoms with Gasteiger partial charge in [-0.25, -0.2) is 0 Å². The second kappa shape index (κ2) is 7.16. The molecule has 0 atom stereocenters. The highest BCUT2D eigenvalue weighted by atomic mass is 16.6. The van der Waals surface area contributed by atoms with E-state index in [9.17, 15) is 14.9 Å². The van der Waals surface area contributed by atoms with Crippen LogP contribution in [0.1, 0.15) is 21.5 Å². The number of nitrogens with zero attached hydrogens (tertiary/aromatic N) is 4. The summed E-state index contributed by atoms with van der Waals surface area (Å²) in [5.74, 6) is -0.550. The molecule has 0 saturated heterocycles. The number of nitrogens with one attached hydrogen (secondary N) is 1. The third kappa shape index (κ3) is 3.55. The minimum atomic E-state index is -0.571. The molecule has 8 nitrogen and oxygen atoms in total. The topological polar surface area (TPSA) is 103 Å². The van der Waals surface area contributed by atoms with Crippen molar-refractivity contribution in [1.29, 1.82) is 0 Å². The van der Waals surface area contributed by atoms with E-state index in [0.29, 0.717) is 16.7 Å². The number of nitro benzene ring substituents is 1. The second-order valence-electron chi connectivity index (χ2n) is 6.71. The highest BCUT2D eigenvalue weighted by Gasteiger charge is 2.20. The zero-order valence-electron chi connectivity index (χ0n) is 15.8. The van der Waals surface area contributed by atoms with Crippen LogP contribution in [0.4, 0.5) is 11.4 Å². The van der Waals surface area contributed by atoms with E-state index in [1.807, 2.05) is 44.2 Å². The van der Waals surface area contributed by atoms with Crippen LogP contribution in [0.3, 0.4) is 0 Å². The number of nitro groups is 1. The van der Waals surface area contributed by atoms with Crippen LogP contribution in [0.15, 0.2) is 60.7 Å². The highest BCUT2D eigenvalue weighted by molar-refractivity contribution is 6.08. The quantitative estimate of drug-likeness (QED) is 0.418. The minimum Gasteiger partial charge on any atom is -0.321 e. The predicted molar refractivity (Wildman–Crippen MR) is 109 cm³/mol. The Kier molecular flexibility index (Phi) is 4.52. The smallest absolute Gasteiger partial charge is 0.282 e. The van der Waals surface area contributed by atoms with E-state index in [2.05, 4.69) is 15.5 Å². The Balaban J connectivity index is 1.68. The molecule has 0 spiro atoms. The normalized spacial score (nSPS) is 10.8.